The maximum atomic E-state index is 12.0. The predicted molar refractivity (Wildman–Crippen MR) is 61.2 cm³/mol. The molecule has 0 bridgehead atoms. The fourth-order valence-electron chi connectivity index (χ4n) is 1.49. The van der Waals surface area contributed by atoms with Crippen LogP contribution in [0.4, 0.5) is 0 Å². The Morgan fingerprint density at radius 3 is 2.94 bits per heavy atom. The van der Waals surface area contributed by atoms with Crippen molar-refractivity contribution in [3.63, 3.8) is 0 Å². The van der Waals surface area contributed by atoms with Gasteiger partial charge in [-0.25, -0.2) is 4.98 Å². The number of rotatable bonds is 3. The molecule has 0 spiro atoms. The van der Waals surface area contributed by atoms with Crippen molar-refractivity contribution in [3.05, 3.63) is 41.7 Å². The van der Waals surface area contributed by atoms with Crippen LogP contribution in [0.25, 0.3) is 0 Å². The zero-order chi connectivity index (χ0) is 12.3. The Balaban J connectivity index is 2.10. The highest BCUT2D eigenvalue weighted by Crippen LogP contribution is 2.08. The van der Waals surface area contributed by atoms with Crippen molar-refractivity contribution >= 4 is 5.91 Å². The maximum Gasteiger partial charge on any atom is 0.253 e. The van der Waals surface area contributed by atoms with Crippen LogP contribution >= 0.6 is 0 Å². The van der Waals surface area contributed by atoms with E-state index in [4.69, 9.17) is 0 Å². The highest BCUT2D eigenvalue weighted by atomic mass is 16.1. The molecule has 17 heavy (non-hydrogen) atoms. The summed E-state index contributed by atoms with van der Waals surface area (Å²) in [4.78, 5) is 20.0. The van der Waals surface area contributed by atoms with Crippen molar-refractivity contribution in [2.45, 2.75) is 19.9 Å². The second-order valence-corrected chi connectivity index (χ2v) is 3.70. The Kier molecular flexibility index (Phi) is 3.13. The van der Waals surface area contributed by atoms with E-state index in [0.717, 1.165) is 0 Å². The predicted octanol–water partition coefficient (Wildman–Crippen LogP) is 0.999. The molecule has 0 radical (unpaired) electrons. The van der Waals surface area contributed by atoms with E-state index in [1.165, 1.54) is 6.33 Å². The van der Waals surface area contributed by atoms with Crippen molar-refractivity contribution in [2.24, 2.45) is 0 Å². The van der Waals surface area contributed by atoms with Gasteiger partial charge in [-0.05, 0) is 26.0 Å². The number of nitrogens with one attached hydrogen (secondary N) is 2. The summed E-state index contributed by atoms with van der Waals surface area (Å²) >= 11 is 0. The van der Waals surface area contributed by atoms with Crippen LogP contribution in [0.5, 0.6) is 0 Å². The van der Waals surface area contributed by atoms with E-state index < -0.39 is 0 Å². The molecular formula is C11H13N5O. The molecule has 0 aliphatic rings. The minimum absolute atomic E-state index is 0.167. The molecule has 0 aliphatic heterocycles. The zero-order valence-corrected chi connectivity index (χ0v) is 9.64. The Bertz CT molecular complexity index is 508. The van der Waals surface area contributed by atoms with Gasteiger partial charge in [-0.15, -0.1) is 0 Å². The molecule has 0 fully saturated rings. The zero-order valence-electron chi connectivity index (χ0n) is 9.64. The van der Waals surface area contributed by atoms with Crippen LogP contribution in [-0.4, -0.2) is 26.1 Å². The molecule has 1 atom stereocenters. The number of carbonyl (C=O) groups excluding carboxylic acids is 1. The largest absolute Gasteiger partial charge is 0.342 e. The van der Waals surface area contributed by atoms with Crippen molar-refractivity contribution in [3.8, 4) is 0 Å². The van der Waals surface area contributed by atoms with E-state index in [9.17, 15) is 4.79 Å². The Labute approximate surface area is 98.5 Å². The molecule has 2 N–H and O–H groups in total. The van der Waals surface area contributed by atoms with E-state index in [-0.39, 0.29) is 11.9 Å². The van der Waals surface area contributed by atoms with Gasteiger partial charge in [0.15, 0.2) is 0 Å². The second kappa shape index (κ2) is 4.73. The van der Waals surface area contributed by atoms with E-state index in [1.54, 1.807) is 25.3 Å². The first-order chi connectivity index (χ1) is 8.18. The fourth-order valence-corrected chi connectivity index (χ4v) is 1.49. The van der Waals surface area contributed by atoms with Crippen LogP contribution in [0.1, 0.15) is 34.8 Å². The van der Waals surface area contributed by atoms with Gasteiger partial charge in [0.25, 0.3) is 5.91 Å². The molecule has 2 aromatic rings. The summed E-state index contributed by atoms with van der Waals surface area (Å²) in [5, 5.41) is 9.28. The molecule has 2 aromatic heterocycles. The Hall–Kier alpha value is -2.24. The number of pyridine rings is 1. The van der Waals surface area contributed by atoms with Crippen LogP contribution in [0.15, 0.2) is 24.7 Å². The summed E-state index contributed by atoms with van der Waals surface area (Å²) in [5.74, 6) is 0.458. The van der Waals surface area contributed by atoms with E-state index in [1.807, 2.05) is 6.92 Å². The molecule has 1 amide bonds. The second-order valence-electron chi connectivity index (χ2n) is 3.70. The maximum absolute atomic E-state index is 12.0. The first-order valence-electron chi connectivity index (χ1n) is 5.26. The van der Waals surface area contributed by atoms with Crippen LogP contribution in [0.3, 0.4) is 0 Å². The monoisotopic (exact) mass is 231 g/mol. The van der Waals surface area contributed by atoms with Gasteiger partial charge in [0.1, 0.15) is 12.2 Å². The molecule has 0 saturated heterocycles. The van der Waals surface area contributed by atoms with Gasteiger partial charge >= 0.3 is 0 Å². The molecule has 88 valence electrons. The normalized spacial score (nSPS) is 12.1. The number of aromatic amines is 1. The number of aryl methyl sites for hydroxylation is 1. The standard InChI is InChI=1S/C11H13N5O/c1-7-9(4-3-5-12-7)11(17)15-8(2)10-13-6-14-16-10/h3-6,8H,1-2H3,(H,15,17)(H,13,14,16). The molecule has 0 saturated carbocycles. The third-order valence-electron chi connectivity index (χ3n) is 2.44. The van der Waals surface area contributed by atoms with Crippen LogP contribution in [0, 0.1) is 6.92 Å². The van der Waals surface area contributed by atoms with Crippen LogP contribution < -0.4 is 5.32 Å². The van der Waals surface area contributed by atoms with Crippen LogP contribution in [-0.2, 0) is 0 Å². The number of carbonyl (C=O) groups is 1. The fraction of sp³-hybridized carbons (Fsp3) is 0.273. The summed E-state index contributed by atoms with van der Waals surface area (Å²) in [5.41, 5.74) is 1.27. The number of H-pyrrole nitrogens is 1. The van der Waals surface area contributed by atoms with Crippen LogP contribution in [0.2, 0.25) is 0 Å². The number of hydrogen-bond donors (Lipinski definition) is 2. The molecule has 1 unspecified atom stereocenters. The lowest BCUT2D eigenvalue weighted by molar-refractivity contribution is 0.0937. The number of aromatic nitrogens is 4. The molecule has 6 nitrogen and oxygen atoms in total. The third kappa shape index (κ3) is 2.47. The molecule has 2 rings (SSSR count). The smallest absolute Gasteiger partial charge is 0.253 e. The van der Waals surface area contributed by atoms with Crippen molar-refractivity contribution in [1.29, 1.82) is 0 Å². The molecule has 0 aromatic carbocycles. The topological polar surface area (TPSA) is 83.6 Å². The molecule has 6 heteroatoms. The van der Waals surface area contributed by atoms with Gasteiger partial charge in [-0.1, -0.05) is 0 Å². The summed E-state index contributed by atoms with van der Waals surface area (Å²) in [6.45, 7) is 3.64. The van der Waals surface area contributed by atoms with Gasteiger partial charge < -0.3 is 5.32 Å². The van der Waals surface area contributed by atoms with E-state index in [0.29, 0.717) is 17.1 Å². The summed E-state index contributed by atoms with van der Waals surface area (Å²) in [7, 11) is 0. The van der Waals surface area contributed by atoms with Gasteiger partial charge in [0.2, 0.25) is 0 Å². The van der Waals surface area contributed by atoms with Crippen molar-refractivity contribution < 1.29 is 4.79 Å². The average Bonchev–Trinajstić information content (AvgIpc) is 2.82. The third-order valence-corrected chi connectivity index (χ3v) is 2.44. The van der Waals surface area contributed by atoms with E-state index >= 15 is 0 Å². The van der Waals surface area contributed by atoms with Gasteiger partial charge in [-0.2, -0.15) is 5.10 Å². The quantitative estimate of drug-likeness (QED) is 0.825. The van der Waals surface area contributed by atoms with Crippen molar-refractivity contribution in [1.82, 2.24) is 25.5 Å². The lowest BCUT2D eigenvalue weighted by Gasteiger charge is -2.11. The summed E-state index contributed by atoms with van der Waals surface area (Å²) in [6.07, 6.45) is 3.07. The molecule has 2 heterocycles. The highest BCUT2D eigenvalue weighted by molar-refractivity contribution is 5.95. The minimum atomic E-state index is -0.218. The number of amides is 1. The Morgan fingerprint density at radius 2 is 2.29 bits per heavy atom. The lowest BCUT2D eigenvalue weighted by Crippen LogP contribution is -2.28. The highest BCUT2D eigenvalue weighted by Gasteiger charge is 2.14. The minimum Gasteiger partial charge on any atom is -0.342 e. The van der Waals surface area contributed by atoms with Crippen molar-refractivity contribution in [2.75, 3.05) is 0 Å². The first-order valence-corrected chi connectivity index (χ1v) is 5.26. The molecular weight excluding hydrogens is 218 g/mol. The van der Waals surface area contributed by atoms with Gasteiger partial charge in [-0.3, -0.25) is 14.9 Å². The average molecular weight is 231 g/mol. The molecule has 0 aliphatic carbocycles. The first kappa shape index (κ1) is 11.3. The summed E-state index contributed by atoms with van der Waals surface area (Å²) in [6, 6.07) is 3.26. The summed E-state index contributed by atoms with van der Waals surface area (Å²) < 4.78 is 0. The SMILES string of the molecule is Cc1ncccc1C(=O)NC(C)c1ncn[nH]1. The van der Waals surface area contributed by atoms with Gasteiger partial charge in [0.05, 0.1) is 11.6 Å². The van der Waals surface area contributed by atoms with E-state index in [2.05, 4.69) is 25.5 Å². The van der Waals surface area contributed by atoms with Gasteiger partial charge in [0, 0.05) is 11.9 Å². The number of hydrogen-bond acceptors (Lipinski definition) is 4. The Morgan fingerprint density at radius 1 is 1.47 bits per heavy atom. The lowest BCUT2D eigenvalue weighted by atomic mass is 10.2. The number of nitrogens with zero attached hydrogens (tertiary/aromatic N) is 3.